The van der Waals surface area contributed by atoms with E-state index in [0.29, 0.717) is 12.2 Å². The third kappa shape index (κ3) is 5.32. The number of ether oxygens (including phenoxy) is 1. The van der Waals surface area contributed by atoms with E-state index in [1.807, 2.05) is 12.1 Å². The molecule has 2 aromatic carbocycles. The van der Waals surface area contributed by atoms with Crippen LogP contribution in [-0.4, -0.2) is 17.1 Å². The molecule has 0 fully saturated rings. The topological polar surface area (TPSA) is 81.8 Å². The highest BCUT2D eigenvalue weighted by Crippen LogP contribution is 2.33. The highest BCUT2D eigenvalue weighted by molar-refractivity contribution is 14.1. The number of aromatic hydroxyl groups is 1. The van der Waals surface area contributed by atoms with Crippen LogP contribution in [0.3, 0.4) is 0 Å². The Morgan fingerprint density at radius 2 is 1.74 bits per heavy atom. The van der Waals surface area contributed by atoms with Crippen LogP contribution in [0.15, 0.2) is 36.4 Å². The van der Waals surface area contributed by atoms with Crippen LogP contribution < -0.4 is 10.5 Å². The van der Waals surface area contributed by atoms with Crippen molar-refractivity contribution < 1.29 is 17.7 Å². The van der Waals surface area contributed by atoms with Gasteiger partial charge < -0.3 is 18.6 Å². The Hall–Kier alpha value is -0.340. The van der Waals surface area contributed by atoms with Crippen LogP contribution >= 0.6 is 68.2 Å². The largest absolute Gasteiger partial charge is 0.508 e. The molecule has 122 valence electrons. The minimum atomic E-state index is -0.692. The molecular formula is C15H12I3NO4. The third-order valence-electron chi connectivity index (χ3n) is 2.95. The van der Waals surface area contributed by atoms with Crippen molar-refractivity contribution in [1.82, 2.24) is 0 Å². The smallest absolute Gasteiger partial charge is 0.332 e. The summed E-state index contributed by atoms with van der Waals surface area (Å²) in [6.45, 7) is 0. The van der Waals surface area contributed by atoms with Gasteiger partial charge in [0.25, 0.3) is 0 Å². The average molecular weight is 651 g/mol. The second-order valence-electron chi connectivity index (χ2n) is 4.69. The second-order valence-corrected chi connectivity index (χ2v) is 7.46. The maximum absolute atomic E-state index is 11.4. The summed E-state index contributed by atoms with van der Waals surface area (Å²) in [6, 6.07) is 9.69. The molecule has 0 amide bonds. The first-order valence-electron chi connectivity index (χ1n) is 6.43. The summed E-state index contributed by atoms with van der Waals surface area (Å²) in [5.74, 6) is 1.11. The first-order chi connectivity index (χ1) is 10.9. The SMILES string of the molecule is N[C@@H](Cc1cc(I)c(Oc2ccc(O)cc2)c(I)c1)C(=O)OI. The molecule has 0 aliphatic heterocycles. The van der Waals surface area contributed by atoms with Crippen molar-refractivity contribution in [2.45, 2.75) is 12.5 Å². The quantitative estimate of drug-likeness (QED) is 0.476. The molecule has 3 N–H and O–H groups in total. The molecule has 5 nitrogen and oxygen atoms in total. The zero-order valence-corrected chi connectivity index (χ0v) is 18.1. The summed E-state index contributed by atoms with van der Waals surface area (Å²) in [7, 11) is 0. The third-order valence-corrected chi connectivity index (χ3v) is 4.99. The van der Waals surface area contributed by atoms with Gasteiger partial charge in [0.15, 0.2) is 28.8 Å². The Kier molecular flexibility index (Phi) is 7.16. The number of halogens is 3. The zero-order chi connectivity index (χ0) is 17.0. The fraction of sp³-hybridized carbons (Fsp3) is 0.133. The number of hydrogen-bond acceptors (Lipinski definition) is 5. The molecule has 2 aromatic rings. The van der Waals surface area contributed by atoms with E-state index in [0.717, 1.165) is 18.5 Å². The van der Waals surface area contributed by atoms with Gasteiger partial charge in [-0.3, -0.25) is 0 Å². The number of nitrogens with two attached hydrogens (primary N) is 1. The Bertz CT molecular complexity index is 683. The standard InChI is InChI=1S/C15H12I3NO4/c16-11-5-8(7-13(19)15(21)23-18)6-12(17)14(11)22-10-3-1-9(20)2-4-10/h1-6,13,20H,7,19H2/t13-/m0/s1. The molecule has 0 heterocycles. The summed E-state index contributed by atoms with van der Waals surface area (Å²) >= 11 is 5.90. The van der Waals surface area contributed by atoms with E-state index >= 15 is 0 Å². The van der Waals surface area contributed by atoms with Crippen molar-refractivity contribution in [3.8, 4) is 17.2 Å². The second kappa shape index (κ2) is 8.67. The van der Waals surface area contributed by atoms with Gasteiger partial charge in [0, 0.05) is 0 Å². The summed E-state index contributed by atoms with van der Waals surface area (Å²) < 4.78 is 12.3. The lowest BCUT2D eigenvalue weighted by molar-refractivity contribution is -0.132. The van der Waals surface area contributed by atoms with E-state index < -0.39 is 12.0 Å². The molecule has 2 rings (SSSR count). The monoisotopic (exact) mass is 651 g/mol. The van der Waals surface area contributed by atoms with Gasteiger partial charge in [0.2, 0.25) is 0 Å². The van der Waals surface area contributed by atoms with E-state index in [-0.39, 0.29) is 5.75 Å². The van der Waals surface area contributed by atoms with Crippen LogP contribution in [-0.2, 0) is 14.3 Å². The molecular weight excluding hydrogens is 639 g/mol. The molecule has 0 saturated carbocycles. The van der Waals surface area contributed by atoms with Gasteiger partial charge in [-0.15, -0.1) is 0 Å². The van der Waals surface area contributed by atoms with Crippen molar-refractivity contribution in [1.29, 1.82) is 0 Å². The lowest BCUT2D eigenvalue weighted by Crippen LogP contribution is -2.32. The first-order valence-corrected chi connectivity index (χ1v) is 9.47. The number of carbonyl (C=O) groups is 1. The van der Waals surface area contributed by atoms with Gasteiger partial charge in [-0.1, -0.05) is 0 Å². The van der Waals surface area contributed by atoms with Crippen LogP contribution in [0.5, 0.6) is 17.2 Å². The molecule has 0 unspecified atom stereocenters. The van der Waals surface area contributed by atoms with E-state index in [9.17, 15) is 9.90 Å². The lowest BCUT2D eigenvalue weighted by atomic mass is 10.1. The molecule has 0 aromatic heterocycles. The molecule has 0 radical (unpaired) electrons. The maximum Gasteiger partial charge on any atom is 0.332 e. The number of hydrogen-bond donors (Lipinski definition) is 2. The minimum absolute atomic E-state index is 0.188. The Balaban J connectivity index is 2.20. The first kappa shape index (κ1) is 19.0. The van der Waals surface area contributed by atoms with E-state index in [1.165, 1.54) is 23.0 Å². The normalized spacial score (nSPS) is 11.8. The maximum atomic E-state index is 11.4. The number of carbonyl (C=O) groups excluding carboxylic acids is 1. The molecule has 0 bridgehead atoms. The van der Waals surface area contributed by atoms with Gasteiger partial charge in [-0.25, -0.2) is 4.79 Å². The van der Waals surface area contributed by atoms with Crippen molar-refractivity contribution >= 4 is 74.2 Å². The summed E-state index contributed by atoms with van der Waals surface area (Å²) in [4.78, 5) is 11.4. The van der Waals surface area contributed by atoms with Crippen molar-refractivity contribution in [3.05, 3.63) is 49.1 Å². The lowest BCUT2D eigenvalue weighted by Gasteiger charge is -2.13. The summed E-state index contributed by atoms with van der Waals surface area (Å²) in [5.41, 5.74) is 6.73. The summed E-state index contributed by atoms with van der Waals surface area (Å²) in [5, 5.41) is 9.31. The minimum Gasteiger partial charge on any atom is -0.508 e. The van der Waals surface area contributed by atoms with Crippen molar-refractivity contribution in [2.75, 3.05) is 0 Å². The highest BCUT2D eigenvalue weighted by Gasteiger charge is 2.17. The van der Waals surface area contributed by atoms with Gasteiger partial charge in [0.05, 0.1) is 7.14 Å². The fourth-order valence-corrected chi connectivity index (χ4v) is 4.30. The molecule has 23 heavy (non-hydrogen) atoms. The molecule has 0 aliphatic rings. The Morgan fingerprint density at radius 3 is 2.26 bits per heavy atom. The zero-order valence-electron chi connectivity index (χ0n) is 11.6. The van der Waals surface area contributed by atoms with Gasteiger partial charge >= 0.3 is 5.97 Å². The van der Waals surface area contributed by atoms with Crippen LogP contribution in [0.4, 0.5) is 0 Å². The molecule has 8 heteroatoms. The number of rotatable bonds is 5. The average Bonchev–Trinajstić information content (AvgIpc) is 2.51. The van der Waals surface area contributed by atoms with E-state index in [4.69, 9.17) is 10.5 Å². The Labute approximate surface area is 174 Å². The predicted octanol–water partition coefficient (Wildman–Crippen LogP) is 4.16. The number of benzene rings is 2. The molecule has 0 saturated heterocycles. The van der Waals surface area contributed by atoms with Gasteiger partial charge in [0.1, 0.15) is 17.5 Å². The van der Waals surface area contributed by atoms with Gasteiger partial charge in [-0.2, -0.15) is 0 Å². The van der Waals surface area contributed by atoms with Crippen LogP contribution in [0, 0.1) is 7.14 Å². The van der Waals surface area contributed by atoms with Crippen LogP contribution in [0.1, 0.15) is 5.56 Å². The summed E-state index contributed by atoms with van der Waals surface area (Å²) in [6.07, 6.45) is 0.396. The highest BCUT2D eigenvalue weighted by atomic mass is 127. The van der Waals surface area contributed by atoms with Crippen LogP contribution in [0.2, 0.25) is 0 Å². The Morgan fingerprint density at radius 1 is 1.17 bits per heavy atom. The van der Waals surface area contributed by atoms with Crippen molar-refractivity contribution in [3.63, 3.8) is 0 Å². The number of phenols is 1. The molecule has 0 aliphatic carbocycles. The van der Waals surface area contributed by atoms with Gasteiger partial charge in [-0.05, 0) is 93.6 Å². The molecule has 0 spiro atoms. The van der Waals surface area contributed by atoms with E-state index in [2.05, 4.69) is 48.2 Å². The molecule has 1 atom stereocenters. The fourth-order valence-electron chi connectivity index (χ4n) is 1.85. The van der Waals surface area contributed by atoms with Crippen molar-refractivity contribution in [2.24, 2.45) is 5.73 Å². The van der Waals surface area contributed by atoms with Crippen LogP contribution in [0.25, 0.3) is 0 Å². The predicted molar refractivity (Wildman–Crippen MR) is 112 cm³/mol. The van der Waals surface area contributed by atoms with E-state index in [1.54, 1.807) is 24.3 Å². The number of phenolic OH excluding ortho intramolecular Hbond substituents is 1.